The van der Waals surface area contributed by atoms with Gasteiger partial charge in [-0.1, -0.05) is 27.4 Å². The van der Waals surface area contributed by atoms with Crippen LogP contribution in [0.5, 0.6) is 0 Å². The Labute approximate surface area is 237 Å². The quantitative estimate of drug-likeness (QED) is 0.264. The standard InChI is InChI=1S/C30H34N6O3S/c1-19(30(2,3)4)28(37)31-12-10-25-34-24(18-40-25)23-17-20-9-11-32-29(38)26(20)27(35-23)33-21-5-7-22(8-6-21)36-13-15-39-16-14-36/h5-9,11,17-18H,1,10,12-16H2,2-4H3,(H,31,37)(H,32,38)(H,33,35). The van der Waals surface area contributed by atoms with Crippen molar-refractivity contribution < 1.29 is 9.53 Å². The third-order valence-corrected chi connectivity index (χ3v) is 7.79. The molecule has 1 aliphatic rings. The molecule has 3 aromatic heterocycles. The van der Waals surface area contributed by atoms with E-state index in [9.17, 15) is 9.59 Å². The summed E-state index contributed by atoms with van der Waals surface area (Å²) in [5, 5.41) is 10.4. The number of carbonyl (C=O) groups excluding carboxylic acids is 1. The number of nitrogens with one attached hydrogen (secondary N) is 3. The highest BCUT2D eigenvalue weighted by Crippen LogP contribution is 2.29. The molecule has 4 aromatic rings. The van der Waals surface area contributed by atoms with Gasteiger partial charge in [-0.2, -0.15) is 0 Å². The average Bonchev–Trinajstić information content (AvgIpc) is 3.42. The lowest BCUT2D eigenvalue weighted by atomic mass is 9.87. The zero-order valence-corrected chi connectivity index (χ0v) is 23.9. The van der Waals surface area contributed by atoms with Crippen molar-refractivity contribution in [3.05, 3.63) is 75.5 Å². The number of hydrogen-bond donors (Lipinski definition) is 3. The molecular formula is C30H34N6O3S. The van der Waals surface area contributed by atoms with Crippen molar-refractivity contribution in [2.24, 2.45) is 5.41 Å². The zero-order valence-electron chi connectivity index (χ0n) is 23.0. The summed E-state index contributed by atoms with van der Waals surface area (Å²) in [5.74, 6) is 0.329. The van der Waals surface area contributed by atoms with Gasteiger partial charge in [-0.15, -0.1) is 11.3 Å². The van der Waals surface area contributed by atoms with Gasteiger partial charge in [0.1, 0.15) is 5.82 Å². The molecular weight excluding hydrogens is 524 g/mol. The zero-order chi connectivity index (χ0) is 28.3. The van der Waals surface area contributed by atoms with E-state index in [0.29, 0.717) is 35.4 Å². The Balaban J connectivity index is 1.34. The molecule has 10 heteroatoms. The first-order chi connectivity index (χ1) is 19.2. The van der Waals surface area contributed by atoms with Crippen molar-refractivity contribution in [1.82, 2.24) is 20.3 Å². The minimum atomic E-state index is -0.279. The van der Waals surface area contributed by atoms with Crippen LogP contribution in [0.15, 0.2) is 64.9 Å². The van der Waals surface area contributed by atoms with Crippen LogP contribution in [0.25, 0.3) is 22.2 Å². The fourth-order valence-corrected chi connectivity index (χ4v) is 5.22. The maximum absolute atomic E-state index is 12.8. The van der Waals surface area contributed by atoms with Gasteiger partial charge in [-0.3, -0.25) is 9.59 Å². The van der Waals surface area contributed by atoms with E-state index in [1.807, 2.05) is 50.4 Å². The van der Waals surface area contributed by atoms with Gasteiger partial charge in [0, 0.05) is 54.6 Å². The van der Waals surface area contributed by atoms with Crippen molar-refractivity contribution in [2.75, 3.05) is 43.1 Å². The molecule has 0 unspecified atom stereocenters. The van der Waals surface area contributed by atoms with Crippen molar-refractivity contribution in [2.45, 2.75) is 27.2 Å². The van der Waals surface area contributed by atoms with Crippen molar-refractivity contribution in [1.29, 1.82) is 0 Å². The minimum Gasteiger partial charge on any atom is -0.378 e. The highest BCUT2D eigenvalue weighted by molar-refractivity contribution is 7.09. The predicted octanol–water partition coefficient (Wildman–Crippen LogP) is 4.89. The van der Waals surface area contributed by atoms with Gasteiger partial charge in [-0.25, -0.2) is 9.97 Å². The topological polar surface area (TPSA) is 112 Å². The van der Waals surface area contributed by atoms with Gasteiger partial charge < -0.3 is 25.3 Å². The SMILES string of the molecule is C=C(C(=O)NCCc1nc(-c2cc3cc[nH]c(=O)c3c(Nc3ccc(N4CCOCC4)cc3)n2)cs1)C(C)(C)C. The van der Waals surface area contributed by atoms with Crippen LogP contribution in [-0.2, 0) is 16.0 Å². The number of rotatable bonds is 8. The second-order valence-corrected chi connectivity index (χ2v) is 11.7. The first-order valence-electron chi connectivity index (χ1n) is 13.3. The molecule has 5 rings (SSSR count). The number of ether oxygens (including phenoxy) is 1. The molecule has 1 fully saturated rings. The second-order valence-electron chi connectivity index (χ2n) is 10.8. The van der Waals surface area contributed by atoms with E-state index in [4.69, 9.17) is 14.7 Å². The number of pyridine rings is 2. The van der Waals surface area contributed by atoms with Crippen molar-refractivity contribution in [3.63, 3.8) is 0 Å². The molecule has 0 spiro atoms. The Bertz CT molecular complexity index is 1580. The summed E-state index contributed by atoms with van der Waals surface area (Å²) in [5.41, 5.74) is 3.41. The molecule has 0 bridgehead atoms. The number of fused-ring (bicyclic) bond motifs is 1. The van der Waals surface area contributed by atoms with E-state index in [0.717, 1.165) is 53.8 Å². The Morgan fingerprint density at radius 1 is 1.12 bits per heavy atom. The van der Waals surface area contributed by atoms with Gasteiger partial charge in [-0.05, 0) is 47.2 Å². The van der Waals surface area contributed by atoms with Gasteiger partial charge in [0.05, 0.1) is 35.0 Å². The van der Waals surface area contributed by atoms with Crippen LogP contribution in [0.4, 0.5) is 17.2 Å². The number of anilines is 3. The highest BCUT2D eigenvalue weighted by atomic mass is 32.1. The van der Waals surface area contributed by atoms with Crippen LogP contribution in [0, 0.1) is 5.41 Å². The molecule has 40 heavy (non-hydrogen) atoms. The van der Waals surface area contributed by atoms with Gasteiger partial charge >= 0.3 is 0 Å². The van der Waals surface area contributed by atoms with E-state index < -0.39 is 0 Å². The van der Waals surface area contributed by atoms with Crippen LogP contribution in [-0.4, -0.2) is 53.7 Å². The summed E-state index contributed by atoms with van der Waals surface area (Å²) < 4.78 is 5.45. The smallest absolute Gasteiger partial charge is 0.259 e. The van der Waals surface area contributed by atoms with Gasteiger partial charge in [0.2, 0.25) is 5.91 Å². The Kier molecular flexibility index (Phi) is 7.99. The summed E-state index contributed by atoms with van der Waals surface area (Å²) in [7, 11) is 0. The first kappa shape index (κ1) is 27.5. The largest absolute Gasteiger partial charge is 0.378 e. The number of amides is 1. The van der Waals surface area contributed by atoms with Crippen LogP contribution in [0.2, 0.25) is 0 Å². The summed E-state index contributed by atoms with van der Waals surface area (Å²) in [6.45, 7) is 13.5. The van der Waals surface area contributed by atoms with Crippen LogP contribution in [0.3, 0.4) is 0 Å². The number of nitrogens with zero attached hydrogens (tertiary/aromatic N) is 3. The number of benzene rings is 1. The summed E-state index contributed by atoms with van der Waals surface area (Å²) >= 11 is 1.52. The van der Waals surface area contributed by atoms with E-state index in [2.05, 4.69) is 39.2 Å². The molecule has 1 amide bonds. The number of thiazole rings is 1. The number of hydrogen-bond acceptors (Lipinski definition) is 8. The monoisotopic (exact) mass is 558 g/mol. The van der Waals surface area contributed by atoms with Crippen molar-refractivity contribution >= 4 is 45.2 Å². The molecule has 0 saturated carbocycles. The lowest BCUT2D eigenvalue weighted by Gasteiger charge is -2.28. The average molecular weight is 559 g/mol. The van der Waals surface area contributed by atoms with Crippen LogP contribution >= 0.6 is 11.3 Å². The molecule has 208 valence electrons. The lowest BCUT2D eigenvalue weighted by Crippen LogP contribution is -2.36. The third-order valence-electron chi connectivity index (χ3n) is 6.88. The number of H-pyrrole nitrogens is 1. The van der Waals surface area contributed by atoms with E-state index in [-0.39, 0.29) is 16.9 Å². The molecule has 9 nitrogen and oxygen atoms in total. The lowest BCUT2D eigenvalue weighted by molar-refractivity contribution is -0.118. The summed E-state index contributed by atoms with van der Waals surface area (Å²) in [6, 6.07) is 11.8. The third kappa shape index (κ3) is 6.24. The van der Waals surface area contributed by atoms with Crippen LogP contribution < -0.4 is 21.1 Å². The van der Waals surface area contributed by atoms with Crippen LogP contribution in [0.1, 0.15) is 25.8 Å². The fraction of sp³-hybridized carbons (Fsp3) is 0.333. The van der Waals surface area contributed by atoms with Gasteiger partial charge in [0.15, 0.2) is 0 Å². The number of morpholine rings is 1. The fourth-order valence-electron chi connectivity index (χ4n) is 4.42. The number of carbonyl (C=O) groups is 1. The van der Waals surface area contributed by atoms with E-state index >= 15 is 0 Å². The molecule has 3 N–H and O–H groups in total. The first-order valence-corrected chi connectivity index (χ1v) is 14.2. The molecule has 4 heterocycles. The Hall–Kier alpha value is -4.02. The second kappa shape index (κ2) is 11.6. The van der Waals surface area contributed by atoms with Crippen molar-refractivity contribution in [3.8, 4) is 11.4 Å². The Morgan fingerprint density at radius 3 is 2.60 bits per heavy atom. The Morgan fingerprint density at radius 2 is 1.88 bits per heavy atom. The summed E-state index contributed by atoms with van der Waals surface area (Å²) in [6.07, 6.45) is 2.23. The van der Waals surface area contributed by atoms with Gasteiger partial charge in [0.25, 0.3) is 5.56 Å². The normalized spacial score (nSPS) is 13.8. The van der Waals surface area contributed by atoms with E-state index in [1.165, 1.54) is 11.3 Å². The predicted molar refractivity (Wildman–Crippen MR) is 162 cm³/mol. The molecule has 1 aliphatic heterocycles. The maximum atomic E-state index is 12.8. The molecule has 0 aliphatic carbocycles. The number of aromatic amines is 1. The molecule has 0 atom stereocenters. The minimum absolute atomic E-state index is 0.139. The van der Waals surface area contributed by atoms with E-state index in [1.54, 1.807) is 6.20 Å². The summed E-state index contributed by atoms with van der Waals surface area (Å²) in [4.78, 5) is 39.8. The maximum Gasteiger partial charge on any atom is 0.259 e. The number of aromatic nitrogens is 3. The highest BCUT2D eigenvalue weighted by Gasteiger charge is 2.21. The molecule has 1 aromatic carbocycles. The molecule has 1 saturated heterocycles. The molecule has 0 radical (unpaired) electrons.